The predicted molar refractivity (Wildman–Crippen MR) is 107 cm³/mol. The first-order chi connectivity index (χ1) is 12.1. The van der Waals surface area contributed by atoms with Crippen LogP contribution in [-0.2, 0) is 15.6 Å². The molecule has 1 aliphatic carbocycles. The summed E-state index contributed by atoms with van der Waals surface area (Å²) in [4.78, 5) is 12.6. The molecule has 0 N–H and O–H groups in total. The first kappa shape index (κ1) is 18.1. The molecule has 26 heavy (non-hydrogen) atoms. The number of Topliss-reactive ketones (excluding diaryl/α,β-unsaturated/α-hetero) is 1. The molecule has 0 fully saturated rings. The van der Waals surface area contributed by atoms with Crippen LogP contribution in [0.4, 0.5) is 0 Å². The van der Waals surface area contributed by atoms with Gasteiger partial charge in [-0.1, -0.05) is 50.3 Å². The molecular weight excluding hydrogens is 318 g/mol. The summed E-state index contributed by atoms with van der Waals surface area (Å²) in [6, 6.07) is 16.2. The number of benzene rings is 2. The Labute approximate surface area is 156 Å². The average molecular weight is 343 g/mol. The molecule has 1 aliphatic rings. The molecule has 0 saturated heterocycles. The van der Waals surface area contributed by atoms with E-state index in [1.54, 1.807) is 0 Å². The standard InChI is InChI=1S/C24H25NO/c1-16(12-17-6-8-18(15-25)9-7-17)19-10-11-20-21(13-19)23(2,3)14-22(26)24(20,4)5/h6-13H,14H2,1-5H3. The Morgan fingerprint density at radius 3 is 2.31 bits per heavy atom. The third-order valence-electron chi connectivity index (χ3n) is 5.60. The highest BCUT2D eigenvalue weighted by molar-refractivity contribution is 5.93. The molecule has 0 radical (unpaired) electrons. The fourth-order valence-corrected chi connectivity index (χ4v) is 3.75. The van der Waals surface area contributed by atoms with Gasteiger partial charge in [0.15, 0.2) is 0 Å². The van der Waals surface area contributed by atoms with Crippen molar-refractivity contribution >= 4 is 17.4 Å². The van der Waals surface area contributed by atoms with E-state index < -0.39 is 5.41 Å². The van der Waals surface area contributed by atoms with E-state index in [4.69, 9.17) is 5.26 Å². The van der Waals surface area contributed by atoms with Gasteiger partial charge in [0.05, 0.1) is 11.6 Å². The third kappa shape index (κ3) is 3.10. The maximum Gasteiger partial charge on any atom is 0.143 e. The highest BCUT2D eigenvalue weighted by atomic mass is 16.1. The molecule has 132 valence electrons. The molecule has 0 heterocycles. The minimum Gasteiger partial charge on any atom is -0.299 e. The van der Waals surface area contributed by atoms with Gasteiger partial charge in [0, 0.05) is 11.8 Å². The van der Waals surface area contributed by atoms with Crippen LogP contribution in [0, 0.1) is 11.3 Å². The highest BCUT2D eigenvalue weighted by Crippen LogP contribution is 2.44. The maximum atomic E-state index is 12.6. The van der Waals surface area contributed by atoms with E-state index in [2.05, 4.69) is 51.1 Å². The Morgan fingerprint density at radius 1 is 1.04 bits per heavy atom. The number of hydrogen-bond donors (Lipinski definition) is 0. The second kappa shape index (κ2) is 6.25. The van der Waals surface area contributed by atoms with Gasteiger partial charge < -0.3 is 0 Å². The topological polar surface area (TPSA) is 40.9 Å². The number of nitriles is 1. The first-order valence-electron chi connectivity index (χ1n) is 9.02. The van der Waals surface area contributed by atoms with Crippen LogP contribution in [0.5, 0.6) is 0 Å². The van der Waals surface area contributed by atoms with Gasteiger partial charge in [0.1, 0.15) is 5.78 Å². The van der Waals surface area contributed by atoms with E-state index in [1.807, 2.05) is 38.1 Å². The zero-order valence-electron chi connectivity index (χ0n) is 16.2. The van der Waals surface area contributed by atoms with Gasteiger partial charge in [0.2, 0.25) is 0 Å². The molecule has 0 unspecified atom stereocenters. The van der Waals surface area contributed by atoms with Gasteiger partial charge in [-0.2, -0.15) is 5.26 Å². The molecule has 2 nitrogen and oxygen atoms in total. The second-order valence-electron chi connectivity index (χ2n) is 8.43. The number of ketones is 1. The lowest BCUT2D eigenvalue weighted by Gasteiger charge is -2.40. The number of hydrogen-bond acceptors (Lipinski definition) is 2. The number of carbonyl (C=O) groups is 1. The van der Waals surface area contributed by atoms with E-state index in [0.717, 1.165) is 11.1 Å². The van der Waals surface area contributed by atoms with Crippen LogP contribution in [0.25, 0.3) is 11.6 Å². The van der Waals surface area contributed by atoms with Gasteiger partial charge >= 0.3 is 0 Å². The number of nitrogens with zero attached hydrogens (tertiary/aromatic N) is 1. The highest BCUT2D eigenvalue weighted by Gasteiger charge is 2.43. The normalized spacial score (nSPS) is 18.2. The Balaban J connectivity index is 2.04. The Hall–Kier alpha value is -2.66. The summed E-state index contributed by atoms with van der Waals surface area (Å²) in [5, 5.41) is 8.92. The van der Waals surface area contributed by atoms with Crippen LogP contribution >= 0.6 is 0 Å². The lowest BCUT2D eigenvalue weighted by molar-refractivity contribution is -0.125. The lowest BCUT2D eigenvalue weighted by Crippen LogP contribution is -2.42. The molecule has 0 bridgehead atoms. The van der Waals surface area contributed by atoms with Crippen LogP contribution in [0.15, 0.2) is 42.5 Å². The zero-order valence-corrected chi connectivity index (χ0v) is 16.2. The minimum absolute atomic E-state index is 0.146. The summed E-state index contributed by atoms with van der Waals surface area (Å²) in [5.41, 5.74) is 5.94. The van der Waals surface area contributed by atoms with Crippen LogP contribution in [-0.4, -0.2) is 5.78 Å². The van der Waals surface area contributed by atoms with Crippen LogP contribution in [0.1, 0.15) is 68.9 Å². The maximum absolute atomic E-state index is 12.6. The van der Waals surface area contributed by atoms with E-state index in [9.17, 15) is 4.79 Å². The molecule has 0 spiro atoms. The van der Waals surface area contributed by atoms with E-state index in [1.165, 1.54) is 16.7 Å². The molecule has 2 heteroatoms. The van der Waals surface area contributed by atoms with Crippen LogP contribution in [0.2, 0.25) is 0 Å². The molecule has 2 aromatic rings. The summed E-state index contributed by atoms with van der Waals surface area (Å²) in [6.07, 6.45) is 2.71. The van der Waals surface area contributed by atoms with Gasteiger partial charge in [-0.25, -0.2) is 0 Å². The van der Waals surface area contributed by atoms with E-state index >= 15 is 0 Å². The van der Waals surface area contributed by atoms with Crippen molar-refractivity contribution in [3.8, 4) is 6.07 Å². The van der Waals surface area contributed by atoms with Gasteiger partial charge in [-0.15, -0.1) is 0 Å². The molecule has 0 aromatic heterocycles. The van der Waals surface area contributed by atoms with E-state index in [0.29, 0.717) is 17.8 Å². The van der Waals surface area contributed by atoms with Crippen LogP contribution < -0.4 is 0 Å². The zero-order chi connectivity index (χ0) is 19.1. The second-order valence-corrected chi connectivity index (χ2v) is 8.43. The summed E-state index contributed by atoms with van der Waals surface area (Å²) in [5.74, 6) is 0.313. The predicted octanol–water partition coefficient (Wildman–Crippen LogP) is 5.65. The number of allylic oxidation sites excluding steroid dienone is 1. The number of fused-ring (bicyclic) bond motifs is 1. The minimum atomic E-state index is -0.422. The Bertz CT molecular complexity index is 937. The average Bonchev–Trinajstić information content (AvgIpc) is 2.60. The molecule has 0 saturated carbocycles. The smallest absolute Gasteiger partial charge is 0.143 e. The van der Waals surface area contributed by atoms with Gasteiger partial charge in [-0.05, 0) is 66.1 Å². The van der Waals surface area contributed by atoms with Crippen molar-refractivity contribution in [1.82, 2.24) is 0 Å². The van der Waals surface area contributed by atoms with Crippen molar-refractivity contribution in [1.29, 1.82) is 5.26 Å². The monoisotopic (exact) mass is 343 g/mol. The van der Waals surface area contributed by atoms with Crippen molar-refractivity contribution in [2.75, 3.05) is 0 Å². The number of rotatable bonds is 2. The van der Waals surface area contributed by atoms with Gasteiger partial charge in [-0.3, -0.25) is 4.79 Å². The van der Waals surface area contributed by atoms with Crippen molar-refractivity contribution in [3.63, 3.8) is 0 Å². The summed E-state index contributed by atoms with van der Waals surface area (Å²) in [6.45, 7) is 10.5. The van der Waals surface area contributed by atoms with Crippen LogP contribution in [0.3, 0.4) is 0 Å². The molecule has 0 amide bonds. The summed E-state index contributed by atoms with van der Waals surface area (Å²) < 4.78 is 0. The fourth-order valence-electron chi connectivity index (χ4n) is 3.75. The van der Waals surface area contributed by atoms with Crippen molar-refractivity contribution in [2.24, 2.45) is 0 Å². The van der Waals surface area contributed by atoms with Crippen molar-refractivity contribution in [3.05, 3.63) is 70.3 Å². The Kier molecular flexibility index (Phi) is 4.36. The third-order valence-corrected chi connectivity index (χ3v) is 5.60. The van der Waals surface area contributed by atoms with E-state index in [-0.39, 0.29) is 5.41 Å². The number of carbonyl (C=O) groups excluding carboxylic acids is 1. The molecule has 3 rings (SSSR count). The first-order valence-corrected chi connectivity index (χ1v) is 9.02. The molecular formula is C24H25NO. The fraction of sp³-hybridized carbons (Fsp3) is 0.333. The van der Waals surface area contributed by atoms with Crippen molar-refractivity contribution < 1.29 is 4.79 Å². The van der Waals surface area contributed by atoms with Crippen molar-refractivity contribution in [2.45, 2.75) is 51.9 Å². The summed E-state index contributed by atoms with van der Waals surface area (Å²) >= 11 is 0. The lowest BCUT2D eigenvalue weighted by atomic mass is 9.62. The Morgan fingerprint density at radius 2 is 1.69 bits per heavy atom. The largest absolute Gasteiger partial charge is 0.299 e. The quantitative estimate of drug-likeness (QED) is 0.661. The molecule has 0 atom stereocenters. The van der Waals surface area contributed by atoms with Gasteiger partial charge in [0.25, 0.3) is 0 Å². The SMILES string of the molecule is CC(=Cc1ccc(C#N)cc1)c1ccc2c(c1)C(C)(C)CC(=O)C2(C)C. The summed E-state index contributed by atoms with van der Waals surface area (Å²) in [7, 11) is 0. The molecule has 2 aromatic carbocycles. The molecule has 0 aliphatic heterocycles.